The number of benzene rings is 1. The number of nitrogens with zero attached hydrogens (tertiary/aromatic N) is 4. The van der Waals surface area contributed by atoms with Gasteiger partial charge >= 0.3 is 0 Å². The van der Waals surface area contributed by atoms with E-state index in [9.17, 15) is 28.8 Å². The molecule has 1 aromatic carbocycles. The second-order valence-electron chi connectivity index (χ2n) is 18.1. The number of hydrogen-bond donors (Lipinski definition) is 4. The van der Waals surface area contributed by atoms with Crippen molar-refractivity contribution >= 4 is 41.1 Å². The molecule has 1 aromatic rings. The second kappa shape index (κ2) is 24.7. The Hall–Kier alpha value is -4.12. The number of likely N-dealkylation sites (N-methyl/N-ethyl adjacent to an activating group) is 2. The molecule has 0 bridgehead atoms. The van der Waals surface area contributed by atoms with E-state index in [1.165, 1.54) is 0 Å². The summed E-state index contributed by atoms with van der Waals surface area (Å²) in [5.74, 6) is -2.26. The number of ether oxygens (including phenoxy) is 2. The molecule has 16 nitrogen and oxygen atoms in total. The Kier molecular flexibility index (Phi) is 20.8. The molecule has 2 aliphatic heterocycles. The molecule has 3 rings (SSSR count). The molecular formula is C46H78N8O8. The lowest BCUT2D eigenvalue weighted by Gasteiger charge is -2.41. The number of anilines is 1. The van der Waals surface area contributed by atoms with Gasteiger partial charge in [0.25, 0.3) is 0 Å². The van der Waals surface area contributed by atoms with Crippen LogP contribution < -0.4 is 21.7 Å². The fraction of sp³-hybridized carbons (Fsp3) is 0.739. The monoisotopic (exact) mass is 871 g/mol. The first kappa shape index (κ1) is 52.2. The largest absolute Gasteiger partial charge is 0.379 e. The summed E-state index contributed by atoms with van der Waals surface area (Å²) in [5, 5.41) is 8.49. The molecule has 2 saturated heterocycles. The summed E-state index contributed by atoms with van der Waals surface area (Å²) in [6.45, 7) is 15.5. The molecular weight excluding hydrogens is 793 g/mol. The third kappa shape index (κ3) is 14.2. The SMILES string of the molecule is CC[C@H](C)[C@@H]([C@@H](CC(=O)N1CCC[C@H]1[C@H](OC)[C@@H](C)C(=O)N(C)CCc1cccc(NC(=O)[C@H](C)NC(=O)[C@H](C)N)c1)OC)N(C)C(=O)[C@@H](NC(=O)[C@@H]1CCCN(C)C1)C(C)C. The van der Waals surface area contributed by atoms with Crippen molar-refractivity contribution in [3.63, 3.8) is 0 Å². The van der Waals surface area contributed by atoms with E-state index < -0.39 is 48.2 Å². The lowest BCUT2D eigenvalue weighted by molar-refractivity contribution is -0.149. The predicted molar refractivity (Wildman–Crippen MR) is 241 cm³/mol. The highest BCUT2D eigenvalue weighted by atomic mass is 16.5. The van der Waals surface area contributed by atoms with Crippen molar-refractivity contribution in [1.29, 1.82) is 0 Å². The summed E-state index contributed by atoms with van der Waals surface area (Å²) in [6, 6.07) is 4.32. The minimum atomic E-state index is -0.777. The molecule has 2 heterocycles. The summed E-state index contributed by atoms with van der Waals surface area (Å²) in [5.41, 5.74) is 7.08. The number of piperidine rings is 1. The number of methoxy groups -OCH3 is 2. The van der Waals surface area contributed by atoms with Crippen LogP contribution >= 0.6 is 0 Å². The number of amides is 6. The zero-order chi connectivity index (χ0) is 46.4. The van der Waals surface area contributed by atoms with Crippen LogP contribution in [-0.2, 0) is 44.7 Å². The van der Waals surface area contributed by atoms with E-state index in [-0.39, 0.29) is 59.8 Å². The summed E-state index contributed by atoms with van der Waals surface area (Å²) >= 11 is 0. The first-order valence-corrected chi connectivity index (χ1v) is 22.6. The number of nitrogens with two attached hydrogens (primary N) is 1. The van der Waals surface area contributed by atoms with Gasteiger partial charge in [0, 0.05) is 53.6 Å². The van der Waals surface area contributed by atoms with Gasteiger partial charge in [-0.05, 0) is 89.1 Å². The van der Waals surface area contributed by atoms with E-state index in [1.54, 1.807) is 58.0 Å². The van der Waals surface area contributed by atoms with Gasteiger partial charge < -0.3 is 50.8 Å². The van der Waals surface area contributed by atoms with Gasteiger partial charge in [0.2, 0.25) is 35.4 Å². The van der Waals surface area contributed by atoms with Gasteiger partial charge in [0.05, 0.1) is 48.6 Å². The predicted octanol–water partition coefficient (Wildman–Crippen LogP) is 2.88. The zero-order valence-electron chi connectivity index (χ0n) is 39.6. The Morgan fingerprint density at radius 2 is 1.58 bits per heavy atom. The molecule has 5 N–H and O–H groups in total. The van der Waals surface area contributed by atoms with E-state index in [2.05, 4.69) is 27.8 Å². The van der Waals surface area contributed by atoms with Crippen LogP contribution in [0.1, 0.15) is 92.6 Å². The van der Waals surface area contributed by atoms with Crippen LogP contribution in [0, 0.1) is 23.7 Å². The zero-order valence-corrected chi connectivity index (χ0v) is 39.6. The van der Waals surface area contributed by atoms with Crippen LogP contribution in [0.25, 0.3) is 0 Å². The third-order valence-corrected chi connectivity index (χ3v) is 12.9. The highest BCUT2D eigenvalue weighted by Crippen LogP contribution is 2.30. The summed E-state index contributed by atoms with van der Waals surface area (Å²) in [4.78, 5) is 87.9. The molecule has 350 valence electrons. The molecule has 0 spiro atoms. The Morgan fingerprint density at radius 3 is 2.18 bits per heavy atom. The van der Waals surface area contributed by atoms with Gasteiger partial charge in [-0.2, -0.15) is 0 Å². The van der Waals surface area contributed by atoms with Crippen LogP contribution in [0.4, 0.5) is 5.69 Å². The molecule has 0 saturated carbocycles. The number of likely N-dealkylation sites (tertiary alicyclic amines) is 2. The molecule has 2 fully saturated rings. The van der Waals surface area contributed by atoms with Gasteiger partial charge in [0.1, 0.15) is 12.1 Å². The molecule has 0 aliphatic carbocycles. The van der Waals surface area contributed by atoms with Crippen molar-refractivity contribution in [2.45, 2.75) is 136 Å². The second-order valence-corrected chi connectivity index (χ2v) is 18.1. The molecule has 0 unspecified atom stereocenters. The maximum absolute atomic E-state index is 14.3. The number of carbonyl (C=O) groups excluding carboxylic acids is 6. The summed E-state index contributed by atoms with van der Waals surface area (Å²) in [7, 11) is 8.65. The van der Waals surface area contributed by atoms with Crippen LogP contribution in [-0.4, -0.2) is 159 Å². The van der Waals surface area contributed by atoms with Crippen LogP contribution in [0.15, 0.2) is 24.3 Å². The third-order valence-electron chi connectivity index (χ3n) is 12.9. The molecule has 6 amide bonds. The fourth-order valence-corrected chi connectivity index (χ4v) is 8.90. The quantitative estimate of drug-likeness (QED) is 0.135. The molecule has 0 radical (unpaired) electrons. The average molecular weight is 871 g/mol. The van der Waals surface area contributed by atoms with Crippen molar-refractivity contribution in [1.82, 2.24) is 30.2 Å². The number of carbonyl (C=O) groups is 6. The van der Waals surface area contributed by atoms with E-state index in [0.29, 0.717) is 38.2 Å². The minimum absolute atomic E-state index is 0.0175. The van der Waals surface area contributed by atoms with Gasteiger partial charge in [-0.1, -0.05) is 53.2 Å². The van der Waals surface area contributed by atoms with E-state index >= 15 is 0 Å². The lowest BCUT2D eigenvalue weighted by atomic mass is 9.89. The van der Waals surface area contributed by atoms with Crippen LogP contribution in [0.3, 0.4) is 0 Å². The Bertz CT molecular complexity index is 1660. The minimum Gasteiger partial charge on any atom is -0.379 e. The Balaban J connectivity index is 1.68. The van der Waals surface area contributed by atoms with E-state index in [0.717, 1.165) is 37.8 Å². The molecule has 2 aliphatic rings. The van der Waals surface area contributed by atoms with Crippen molar-refractivity contribution in [2.24, 2.45) is 29.4 Å². The van der Waals surface area contributed by atoms with E-state index in [4.69, 9.17) is 15.2 Å². The summed E-state index contributed by atoms with van der Waals surface area (Å²) < 4.78 is 12.1. The maximum atomic E-state index is 14.3. The van der Waals surface area contributed by atoms with E-state index in [1.807, 2.05) is 57.8 Å². The Labute approximate surface area is 370 Å². The molecule has 10 atom stereocenters. The van der Waals surface area contributed by atoms with Crippen LogP contribution in [0.5, 0.6) is 0 Å². The topological polar surface area (TPSA) is 196 Å². The number of rotatable bonds is 22. The van der Waals surface area contributed by atoms with Crippen molar-refractivity contribution in [3.8, 4) is 0 Å². The van der Waals surface area contributed by atoms with Gasteiger partial charge in [0.15, 0.2) is 0 Å². The Morgan fingerprint density at radius 1 is 0.903 bits per heavy atom. The standard InChI is InChI=1S/C46H78N8O8/c1-13-29(4)40(53(10)46(60)39(28(2)3)50-44(58)34-18-15-22-51(8)27-34)37(61-11)26-38(55)54-23-16-20-36(54)41(62-12)30(5)45(59)52(9)24-21-33-17-14-19-35(25-33)49-43(57)32(7)48-42(56)31(6)47/h14,17,19,25,28-32,34,36-37,39-41H,13,15-16,18,20-24,26-27,47H2,1-12H3,(H,48,56)(H,49,57)(H,50,58)/t29-,30+,31-,32-,34+,36-,37+,39-,40-,41+/m0/s1. The van der Waals surface area contributed by atoms with Gasteiger partial charge in [-0.3, -0.25) is 28.8 Å². The van der Waals surface area contributed by atoms with Crippen molar-refractivity contribution in [2.75, 3.05) is 66.9 Å². The smallest absolute Gasteiger partial charge is 0.246 e. The van der Waals surface area contributed by atoms with Crippen molar-refractivity contribution < 1.29 is 38.2 Å². The molecule has 62 heavy (non-hydrogen) atoms. The average Bonchev–Trinajstić information content (AvgIpc) is 3.73. The van der Waals surface area contributed by atoms with Gasteiger partial charge in [-0.25, -0.2) is 0 Å². The number of hydrogen-bond acceptors (Lipinski definition) is 10. The van der Waals surface area contributed by atoms with Gasteiger partial charge in [-0.15, -0.1) is 0 Å². The first-order chi connectivity index (χ1) is 29.2. The fourth-order valence-electron chi connectivity index (χ4n) is 8.90. The lowest BCUT2D eigenvalue weighted by Crippen LogP contribution is -2.58. The normalized spacial score (nSPS) is 20.8. The number of nitrogens with one attached hydrogen (secondary N) is 3. The molecule has 0 aromatic heterocycles. The highest BCUT2D eigenvalue weighted by Gasteiger charge is 2.43. The summed E-state index contributed by atoms with van der Waals surface area (Å²) in [6.07, 6.45) is 3.28. The maximum Gasteiger partial charge on any atom is 0.246 e. The highest BCUT2D eigenvalue weighted by molar-refractivity contribution is 5.97. The van der Waals surface area contributed by atoms with Crippen LogP contribution in [0.2, 0.25) is 0 Å². The molecule has 16 heteroatoms. The van der Waals surface area contributed by atoms with Crippen molar-refractivity contribution in [3.05, 3.63) is 29.8 Å². The first-order valence-electron chi connectivity index (χ1n) is 22.6.